The Morgan fingerprint density at radius 3 is 1.82 bits per heavy atom. The Morgan fingerprint density at radius 1 is 0.750 bits per heavy atom. The van der Waals surface area contributed by atoms with Crippen molar-refractivity contribution < 1.29 is 21.2 Å². The summed E-state index contributed by atoms with van der Waals surface area (Å²) in [4.78, 5) is 0.126. The van der Waals surface area contributed by atoms with Crippen molar-refractivity contribution in [3.05, 3.63) is 71.0 Å². The predicted molar refractivity (Wildman–Crippen MR) is 116 cm³/mol. The molecule has 0 radical (unpaired) electrons. The Hall–Kier alpha value is -1.77. The summed E-state index contributed by atoms with van der Waals surface area (Å²) in [5.41, 5.74) is 0. The second-order valence-corrected chi connectivity index (χ2v) is 10.5. The van der Waals surface area contributed by atoms with Gasteiger partial charge in [-0.25, -0.2) is 21.2 Å². The molecule has 0 N–H and O–H groups in total. The van der Waals surface area contributed by atoms with Gasteiger partial charge in [0.05, 0.1) is 4.90 Å². The third-order valence-corrected chi connectivity index (χ3v) is 6.22. The largest absolute Gasteiger partial charge is 0.224 e. The van der Waals surface area contributed by atoms with Crippen LogP contribution < -0.4 is 0 Å². The number of hydrogen-bond acceptors (Lipinski definition) is 4. The highest BCUT2D eigenvalue weighted by molar-refractivity contribution is 9.10. The topological polar surface area (TPSA) is 68.3 Å². The molecule has 0 bridgehead atoms. The Bertz CT molecular complexity index is 1150. The molecule has 0 amide bonds. The molecule has 0 aliphatic rings. The molecule has 0 unspecified atom stereocenters. The van der Waals surface area contributed by atoms with Gasteiger partial charge in [-0.05, 0) is 29.7 Å². The highest BCUT2D eigenvalue weighted by atomic mass is 79.9. The lowest BCUT2D eigenvalue weighted by molar-refractivity contribution is 0.570. The number of fused-ring (bicyclic) bond motifs is 1. The van der Waals surface area contributed by atoms with Crippen LogP contribution in [0.1, 0.15) is 13.8 Å². The van der Waals surface area contributed by atoms with Crippen LogP contribution in [0.2, 0.25) is 0 Å². The van der Waals surface area contributed by atoms with Gasteiger partial charge in [-0.3, -0.25) is 0 Å². The molecule has 152 valence electrons. The van der Waals surface area contributed by atoms with Crippen LogP contribution in [0.5, 0.6) is 0 Å². The molecule has 3 rings (SSSR count). The number of benzene rings is 3. The van der Waals surface area contributed by atoms with E-state index in [-0.39, 0.29) is 4.90 Å². The van der Waals surface area contributed by atoms with Crippen LogP contribution >= 0.6 is 15.9 Å². The van der Waals surface area contributed by atoms with Crippen LogP contribution in [0.4, 0.5) is 4.39 Å². The fourth-order valence-electron chi connectivity index (χ4n) is 2.29. The SMILES string of the molecule is CC.CS(=O)(=O)c1ccc(Br)cc1F.CS(=O)(=O)c1cccc2ccccc12. The normalized spacial score (nSPS) is 11.1. The van der Waals surface area contributed by atoms with Gasteiger partial charge < -0.3 is 0 Å². The standard InChI is InChI=1S/C11H10O2S.C7H6BrFO2S.C2H6/c1-14(12,13)11-8-4-6-9-5-2-3-7-10(9)11;1-12(10,11)7-3-2-5(8)4-6(7)9;1-2/h2-8H,1H3;2-4H,1H3;1-2H3. The highest BCUT2D eigenvalue weighted by Gasteiger charge is 2.12. The first-order valence-corrected chi connectivity index (χ1v) is 12.9. The fraction of sp³-hybridized carbons (Fsp3) is 0.200. The monoisotopic (exact) mass is 488 g/mol. The van der Waals surface area contributed by atoms with Gasteiger partial charge in [-0.2, -0.15) is 0 Å². The first-order chi connectivity index (χ1) is 13.0. The van der Waals surface area contributed by atoms with Gasteiger partial charge in [0.2, 0.25) is 0 Å². The Balaban J connectivity index is 0.000000260. The van der Waals surface area contributed by atoms with E-state index in [2.05, 4.69) is 15.9 Å². The van der Waals surface area contributed by atoms with E-state index in [0.717, 1.165) is 23.1 Å². The molecule has 0 aliphatic heterocycles. The molecule has 0 spiro atoms. The molecule has 0 heterocycles. The van der Waals surface area contributed by atoms with Crippen molar-refractivity contribution in [2.45, 2.75) is 23.6 Å². The minimum absolute atomic E-state index is 0.272. The van der Waals surface area contributed by atoms with E-state index in [1.54, 1.807) is 12.1 Å². The lowest BCUT2D eigenvalue weighted by Gasteiger charge is -2.03. The molecule has 0 aromatic heterocycles. The summed E-state index contributed by atoms with van der Waals surface area (Å²) in [6, 6.07) is 16.6. The average molecular weight is 489 g/mol. The van der Waals surface area contributed by atoms with Crippen molar-refractivity contribution in [1.82, 2.24) is 0 Å². The molecular formula is C20H22BrFO4S2. The van der Waals surface area contributed by atoms with E-state index >= 15 is 0 Å². The van der Waals surface area contributed by atoms with Crippen molar-refractivity contribution in [2.24, 2.45) is 0 Å². The van der Waals surface area contributed by atoms with Gasteiger partial charge in [0.15, 0.2) is 19.7 Å². The van der Waals surface area contributed by atoms with Gasteiger partial charge in [0.25, 0.3) is 0 Å². The van der Waals surface area contributed by atoms with Crippen molar-refractivity contribution in [2.75, 3.05) is 12.5 Å². The lowest BCUT2D eigenvalue weighted by Crippen LogP contribution is -1.99. The van der Waals surface area contributed by atoms with E-state index < -0.39 is 25.5 Å². The second kappa shape index (κ2) is 10.1. The molecule has 0 saturated carbocycles. The van der Waals surface area contributed by atoms with E-state index in [4.69, 9.17) is 0 Å². The zero-order valence-corrected chi connectivity index (χ0v) is 19.2. The summed E-state index contributed by atoms with van der Waals surface area (Å²) >= 11 is 3.03. The third-order valence-electron chi connectivity index (χ3n) is 3.44. The summed E-state index contributed by atoms with van der Waals surface area (Å²) in [6.07, 6.45) is 2.20. The maximum atomic E-state index is 12.9. The van der Waals surface area contributed by atoms with Gasteiger partial charge in [-0.1, -0.05) is 66.2 Å². The van der Waals surface area contributed by atoms with Crippen LogP contribution in [0.15, 0.2) is 74.9 Å². The second-order valence-electron chi connectivity index (χ2n) is 5.60. The minimum atomic E-state index is -3.45. The van der Waals surface area contributed by atoms with E-state index in [9.17, 15) is 21.2 Å². The molecule has 4 nitrogen and oxygen atoms in total. The summed E-state index contributed by atoms with van der Waals surface area (Å²) in [5.74, 6) is -0.730. The van der Waals surface area contributed by atoms with Crippen LogP contribution in [-0.2, 0) is 19.7 Å². The molecular weight excluding hydrogens is 467 g/mol. The first-order valence-electron chi connectivity index (χ1n) is 8.33. The van der Waals surface area contributed by atoms with Crippen LogP contribution in [-0.4, -0.2) is 29.3 Å². The van der Waals surface area contributed by atoms with Gasteiger partial charge >= 0.3 is 0 Å². The maximum absolute atomic E-state index is 12.9. The summed E-state index contributed by atoms with van der Waals surface area (Å²) in [5, 5.41) is 1.74. The highest BCUT2D eigenvalue weighted by Crippen LogP contribution is 2.22. The molecule has 0 fully saturated rings. The van der Waals surface area contributed by atoms with Crippen LogP contribution in [0.3, 0.4) is 0 Å². The summed E-state index contributed by atoms with van der Waals surface area (Å²) < 4.78 is 58.2. The van der Waals surface area contributed by atoms with E-state index in [0.29, 0.717) is 9.37 Å². The van der Waals surface area contributed by atoms with Gasteiger partial charge in [0, 0.05) is 22.4 Å². The summed E-state index contributed by atoms with van der Waals surface area (Å²) in [7, 11) is -6.58. The molecule has 8 heteroatoms. The quantitative estimate of drug-likeness (QED) is 0.493. The fourth-order valence-corrected chi connectivity index (χ4v) is 4.27. The van der Waals surface area contributed by atoms with E-state index in [1.165, 1.54) is 18.4 Å². The Morgan fingerprint density at radius 2 is 1.29 bits per heavy atom. The number of halogens is 2. The Labute approximate surface area is 174 Å². The molecule has 3 aromatic carbocycles. The zero-order chi connectivity index (χ0) is 21.5. The van der Waals surface area contributed by atoms with Crippen molar-refractivity contribution in [3.8, 4) is 0 Å². The molecule has 0 saturated heterocycles. The third kappa shape index (κ3) is 6.68. The predicted octanol–water partition coefficient (Wildman–Crippen LogP) is 5.26. The van der Waals surface area contributed by atoms with Crippen molar-refractivity contribution in [1.29, 1.82) is 0 Å². The zero-order valence-electron chi connectivity index (χ0n) is 16.0. The number of rotatable bonds is 2. The maximum Gasteiger partial charge on any atom is 0.178 e. The molecule has 3 aromatic rings. The number of hydrogen-bond donors (Lipinski definition) is 0. The number of sulfone groups is 2. The summed E-state index contributed by atoms with van der Waals surface area (Å²) in [6.45, 7) is 4.00. The lowest BCUT2D eigenvalue weighted by atomic mass is 10.1. The Kier molecular flexibility index (Phi) is 8.78. The van der Waals surface area contributed by atoms with Crippen molar-refractivity contribution in [3.63, 3.8) is 0 Å². The molecule has 28 heavy (non-hydrogen) atoms. The van der Waals surface area contributed by atoms with Gasteiger partial charge in [-0.15, -0.1) is 0 Å². The van der Waals surface area contributed by atoms with Crippen LogP contribution in [0.25, 0.3) is 10.8 Å². The van der Waals surface area contributed by atoms with Crippen molar-refractivity contribution >= 4 is 46.4 Å². The van der Waals surface area contributed by atoms with Crippen LogP contribution in [0, 0.1) is 5.82 Å². The average Bonchev–Trinajstić information content (AvgIpc) is 2.61. The first kappa shape index (κ1) is 24.3. The minimum Gasteiger partial charge on any atom is -0.224 e. The smallest absolute Gasteiger partial charge is 0.178 e. The van der Waals surface area contributed by atoms with Gasteiger partial charge in [0.1, 0.15) is 10.7 Å². The molecule has 0 aliphatic carbocycles. The van der Waals surface area contributed by atoms with E-state index in [1.807, 2.05) is 44.2 Å². The molecule has 0 atom stereocenters.